The van der Waals surface area contributed by atoms with Crippen molar-refractivity contribution in [1.29, 1.82) is 0 Å². The molecule has 0 saturated carbocycles. The highest BCUT2D eigenvalue weighted by atomic mass is 32.2. The average molecular weight is 514 g/mol. The van der Waals surface area contributed by atoms with Crippen LogP contribution in [0.15, 0.2) is 59.3 Å². The molecule has 1 heterocycles. The second kappa shape index (κ2) is 10.7. The van der Waals surface area contributed by atoms with Crippen LogP contribution in [0.3, 0.4) is 0 Å². The lowest BCUT2D eigenvalue weighted by molar-refractivity contribution is -0.120. The standard InChI is InChI=1S/C22H25F2N3O5S2/c1-2-33(29,30)26-14-18-9-10-27(15-18)34(31,32)19-6-3-16(4-7-19)12-22(28)25-13-17-5-8-20(23)21(24)11-17/h2-8,11,18,26H,1,9-10,12-15H2,(H,25,28)/t18-/m1/s1. The number of nitrogens with one attached hydrogen (secondary N) is 2. The van der Waals surface area contributed by atoms with Crippen LogP contribution in [0.2, 0.25) is 0 Å². The highest BCUT2D eigenvalue weighted by Gasteiger charge is 2.32. The minimum atomic E-state index is -3.76. The van der Waals surface area contributed by atoms with Crippen molar-refractivity contribution in [1.82, 2.24) is 14.3 Å². The van der Waals surface area contributed by atoms with Crippen LogP contribution in [0.5, 0.6) is 0 Å². The average Bonchev–Trinajstić information content (AvgIpc) is 3.29. The minimum absolute atomic E-state index is 0.0146. The van der Waals surface area contributed by atoms with Gasteiger partial charge in [0.15, 0.2) is 11.6 Å². The Bertz CT molecular complexity index is 1270. The highest BCUT2D eigenvalue weighted by Crippen LogP contribution is 2.24. The van der Waals surface area contributed by atoms with E-state index >= 15 is 0 Å². The topological polar surface area (TPSA) is 113 Å². The molecule has 0 radical (unpaired) electrons. The van der Waals surface area contributed by atoms with E-state index in [2.05, 4.69) is 16.6 Å². The van der Waals surface area contributed by atoms with Gasteiger partial charge in [-0.05, 0) is 47.7 Å². The summed E-state index contributed by atoms with van der Waals surface area (Å²) in [5, 5.41) is 3.41. The van der Waals surface area contributed by atoms with Gasteiger partial charge in [0.25, 0.3) is 0 Å². The molecule has 1 aliphatic heterocycles. The van der Waals surface area contributed by atoms with E-state index < -0.39 is 31.7 Å². The molecule has 0 aromatic heterocycles. The molecule has 0 unspecified atom stereocenters. The molecule has 2 aromatic carbocycles. The molecule has 12 heteroatoms. The molecule has 2 N–H and O–H groups in total. The molecule has 1 saturated heterocycles. The van der Waals surface area contributed by atoms with Gasteiger partial charge in [-0.3, -0.25) is 4.79 Å². The van der Waals surface area contributed by atoms with Crippen molar-refractivity contribution >= 4 is 26.0 Å². The summed E-state index contributed by atoms with van der Waals surface area (Å²) in [5.74, 6) is -2.47. The lowest BCUT2D eigenvalue weighted by atomic mass is 10.1. The number of hydrogen-bond donors (Lipinski definition) is 2. The molecule has 1 atom stereocenters. The summed E-state index contributed by atoms with van der Waals surface area (Å²) >= 11 is 0. The van der Waals surface area contributed by atoms with Crippen molar-refractivity contribution in [2.75, 3.05) is 19.6 Å². The number of carbonyl (C=O) groups is 1. The van der Waals surface area contributed by atoms with Gasteiger partial charge in [0.2, 0.25) is 26.0 Å². The Balaban J connectivity index is 1.54. The Hall–Kier alpha value is -2.67. The van der Waals surface area contributed by atoms with Crippen molar-refractivity contribution in [3.63, 3.8) is 0 Å². The maximum Gasteiger partial charge on any atom is 0.243 e. The predicted octanol–water partition coefficient (Wildman–Crippen LogP) is 1.90. The van der Waals surface area contributed by atoms with Crippen molar-refractivity contribution < 1.29 is 30.4 Å². The van der Waals surface area contributed by atoms with Crippen LogP contribution in [-0.2, 0) is 37.8 Å². The molecule has 2 aromatic rings. The largest absolute Gasteiger partial charge is 0.352 e. The summed E-state index contributed by atoms with van der Waals surface area (Å²) in [6.07, 6.45) is 0.508. The molecule has 1 fully saturated rings. The molecule has 34 heavy (non-hydrogen) atoms. The third-order valence-corrected chi connectivity index (χ3v) is 8.33. The molecule has 184 valence electrons. The fourth-order valence-electron chi connectivity index (χ4n) is 3.50. The fourth-order valence-corrected chi connectivity index (χ4v) is 5.62. The minimum Gasteiger partial charge on any atom is -0.352 e. The molecule has 0 bridgehead atoms. The molecule has 3 rings (SSSR count). The summed E-state index contributed by atoms with van der Waals surface area (Å²) in [7, 11) is -7.33. The number of hydrogen-bond acceptors (Lipinski definition) is 5. The predicted molar refractivity (Wildman–Crippen MR) is 122 cm³/mol. The van der Waals surface area contributed by atoms with Crippen molar-refractivity contribution in [2.24, 2.45) is 5.92 Å². The normalized spacial score (nSPS) is 16.9. The van der Waals surface area contributed by atoms with E-state index in [0.29, 0.717) is 17.5 Å². The van der Waals surface area contributed by atoms with E-state index in [9.17, 15) is 30.4 Å². The van der Waals surface area contributed by atoms with E-state index in [1.807, 2.05) is 0 Å². The number of sulfonamides is 2. The SMILES string of the molecule is C=CS(=O)(=O)NC[C@H]1CCN(S(=O)(=O)c2ccc(CC(=O)NCc3ccc(F)c(F)c3)cc2)C1. The highest BCUT2D eigenvalue weighted by molar-refractivity contribution is 7.92. The van der Waals surface area contributed by atoms with Crippen molar-refractivity contribution in [3.8, 4) is 0 Å². The summed E-state index contributed by atoms with van der Waals surface area (Å²) in [6.45, 7) is 3.84. The summed E-state index contributed by atoms with van der Waals surface area (Å²) < 4.78 is 78.7. The molecule has 8 nitrogen and oxygen atoms in total. The van der Waals surface area contributed by atoms with Crippen LogP contribution in [0.1, 0.15) is 17.5 Å². The molecule has 0 spiro atoms. The van der Waals surface area contributed by atoms with Crippen molar-refractivity contribution in [2.45, 2.75) is 24.3 Å². The first-order valence-electron chi connectivity index (χ1n) is 10.4. The van der Waals surface area contributed by atoms with Crippen LogP contribution < -0.4 is 10.0 Å². The maximum absolute atomic E-state index is 13.2. The summed E-state index contributed by atoms with van der Waals surface area (Å²) in [4.78, 5) is 12.2. The first-order chi connectivity index (χ1) is 16.0. The van der Waals surface area contributed by atoms with Gasteiger partial charge in [-0.2, -0.15) is 4.31 Å². The number of rotatable bonds is 10. The van der Waals surface area contributed by atoms with E-state index in [1.165, 1.54) is 34.6 Å². The third kappa shape index (κ3) is 6.69. The van der Waals surface area contributed by atoms with E-state index in [4.69, 9.17) is 0 Å². The lowest BCUT2D eigenvalue weighted by Gasteiger charge is -2.17. The quantitative estimate of drug-likeness (QED) is 0.504. The van der Waals surface area contributed by atoms with E-state index in [1.54, 1.807) is 0 Å². The molecular formula is C22H25F2N3O5S2. The molecule has 0 aliphatic carbocycles. The Labute approximate surface area is 197 Å². The number of halogens is 2. The zero-order chi connectivity index (χ0) is 24.9. The van der Waals surface area contributed by atoms with Crippen LogP contribution in [-0.4, -0.2) is 46.7 Å². The first kappa shape index (κ1) is 25.9. The van der Waals surface area contributed by atoms with Gasteiger partial charge in [0.05, 0.1) is 11.3 Å². The smallest absolute Gasteiger partial charge is 0.243 e. The zero-order valence-electron chi connectivity index (χ0n) is 18.2. The monoisotopic (exact) mass is 513 g/mol. The van der Waals surface area contributed by atoms with Gasteiger partial charge in [-0.1, -0.05) is 24.8 Å². The van der Waals surface area contributed by atoms with Crippen LogP contribution in [0.25, 0.3) is 0 Å². The van der Waals surface area contributed by atoms with Crippen molar-refractivity contribution in [3.05, 3.63) is 77.2 Å². The summed E-state index contributed by atoms with van der Waals surface area (Å²) in [6, 6.07) is 9.27. The van der Waals surface area contributed by atoms with Gasteiger partial charge in [-0.25, -0.2) is 30.3 Å². The number of nitrogens with zero attached hydrogens (tertiary/aromatic N) is 1. The Morgan fingerprint density at radius 1 is 1.06 bits per heavy atom. The van der Waals surface area contributed by atoms with Gasteiger partial charge < -0.3 is 5.32 Å². The Morgan fingerprint density at radius 3 is 2.38 bits per heavy atom. The van der Waals surface area contributed by atoms with Gasteiger partial charge >= 0.3 is 0 Å². The van der Waals surface area contributed by atoms with Crippen LogP contribution in [0, 0.1) is 17.6 Å². The second-order valence-electron chi connectivity index (χ2n) is 7.92. The zero-order valence-corrected chi connectivity index (χ0v) is 19.8. The van der Waals surface area contributed by atoms with E-state index in [-0.39, 0.29) is 49.3 Å². The number of benzene rings is 2. The third-order valence-electron chi connectivity index (χ3n) is 5.44. The number of amides is 1. The molecular weight excluding hydrogens is 488 g/mol. The van der Waals surface area contributed by atoms with E-state index in [0.717, 1.165) is 17.5 Å². The van der Waals surface area contributed by atoms with Gasteiger partial charge in [0.1, 0.15) is 0 Å². The first-order valence-corrected chi connectivity index (χ1v) is 13.4. The molecule has 1 amide bonds. The van der Waals surface area contributed by atoms with Gasteiger partial charge in [-0.15, -0.1) is 0 Å². The van der Waals surface area contributed by atoms with Gasteiger partial charge in [0, 0.05) is 31.6 Å². The van der Waals surface area contributed by atoms with Crippen LogP contribution in [0.4, 0.5) is 8.78 Å². The maximum atomic E-state index is 13.2. The molecule has 1 aliphatic rings. The lowest BCUT2D eigenvalue weighted by Crippen LogP contribution is -2.32. The summed E-state index contributed by atoms with van der Waals surface area (Å²) in [5.41, 5.74) is 0.995. The second-order valence-corrected chi connectivity index (χ2v) is 11.6. The Morgan fingerprint density at radius 2 is 1.74 bits per heavy atom. The fraction of sp³-hybridized carbons (Fsp3) is 0.318. The number of carbonyl (C=O) groups excluding carboxylic acids is 1. The Kier molecular flexibility index (Phi) is 8.18. The van der Waals surface area contributed by atoms with Crippen LogP contribution >= 0.6 is 0 Å².